The number of carbonyl (C=O) groups is 2. The Labute approximate surface area is 233 Å². The maximum atomic E-state index is 13.2. The van der Waals surface area contributed by atoms with Crippen molar-refractivity contribution >= 4 is 12.1 Å². The summed E-state index contributed by atoms with van der Waals surface area (Å²) in [6.07, 6.45) is -0.0603. The van der Waals surface area contributed by atoms with E-state index >= 15 is 0 Å². The first-order chi connectivity index (χ1) is 19.2. The van der Waals surface area contributed by atoms with Gasteiger partial charge in [0.2, 0.25) is 0 Å². The molecule has 0 saturated heterocycles. The SMILES string of the molecule is COC(=O)C1c2nn(C(c3ccccc3)(c3ccccc3)c3ccccc3)cc2C(O)CN1C(=O)OC(C)(C)C. The van der Waals surface area contributed by atoms with Gasteiger partial charge in [0.05, 0.1) is 13.7 Å². The van der Waals surface area contributed by atoms with E-state index in [1.165, 1.54) is 12.0 Å². The molecule has 5 rings (SSSR count). The van der Waals surface area contributed by atoms with Crippen molar-refractivity contribution in [3.05, 3.63) is 125 Å². The van der Waals surface area contributed by atoms with Gasteiger partial charge < -0.3 is 14.6 Å². The van der Waals surface area contributed by atoms with Gasteiger partial charge in [0.15, 0.2) is 6.04 Å². The van der Waals surface area contributed by atoms with Crippen LogP contribution in [0.1, 0.15) is 60.9 Å². The van der Waals surface area contributed by atoms with Gasteiger partial charge in [-0.05, 0) is 37.5 Å². The quantitative estimate of drug-likeness (QED) is 0.276. The third kappa shape index (κ3) is 4.75. The summed E-state index contributed by atoms with van der Waals surface area (Å²) in [5.41, 5.74) is 1.72. The van der Waals surface area contributed by atoms with Gasteiger partial charge in [0.1, 0.15) is 22.9 Å². The standard InChI is InChI=1S/C32H33N3O5/c1-31(2,3)40-30(38)34-21-26(36)25-20-35(33-27(25)28(34)29(37)39-4)32(22-14-8-5-9-15-22,23-16-10-6-11-17-23)24-18-12-7-13-19-24/h5-20,26,28,36H,21H2,1-4H3. The Bertz CT molecular complexity index is 1380. The average molecular weight is 540 g/mol. The summed E-state index contributed by atoms with van der Waals surface area (Å²) >= 11 is 0. The lowest BCUT2D eigenvalue weighted by Gasteiger charge is -2.36. The number of esters is 1. The molecule has 0 spiro atoms. The first kappa shape index (κ1) is 27.1. The molecule has 0 fully saturated rings. The van der Waals surface area contributed by atoms with Crippen molar-refractivity contribution in [2.75, 3.05) is 13.7 Å². The third-order valence-electron chi connectivity index (χ3n) is 7.04. The first-order valence-corrected chi connectivity index (χ1v) is 13.2. The number of aliphatic hydroxyl groups excluding tert-OH is 1. The molecule has 0 radical (unpaired) electrons. The smallest absolute Gasteiger partial charge is 0.411 e. The van der Waals surface area contributed by atoms with Crippen molar-refractivity contribution in [2.24, 2.45) is 0 Å². The summed E-state index contributed by atoms with van der Waals surface area (Å²) in [6, 6.07) is 28.6. The lowest BCUT2D eigenvalue weighted by atomic mass is 9.77. The second-order valence-electron chi connectivity index (χ2n) is 10.8. The number of methoxy groups -OCH3 is 1. The monoisotopic (exact) mass is 539 g/mol. The van der Waals surface area contributed by atoms with Crippen molar-refractivity contribution in [3.8, 4) is 0 Å². The molecule has 2 unspecified atom stereocenters. The minimum atomic E-state index is -1.19. The molecule has 1 amide bonds. The van der Waals surface area contributed by atoms with Crippen LogP contribution in [0.2, 0.25) is 0 Å². The van der Waals surface area contributed by atoms with E-state index in [0.29, 0.717) is 5.56 Å². The fourth-order valence-corrected chi connectivity index (χ4v) is 5.37. The molecule has 0 bridgehead atoms. The van der Waals surface area contributed by atoms with Crippen molar-refractivity contribution in [1.29, 1.82) is 0 Å². The second kappa shape index (κ2) is 10.6. The van der Waals surface area contributed by atoms with Crippen LogP contribution in [0.25, 0.3) is 0 Å². The van der Waals surface area contributed by atoms with E-state index in [4.69, 9.17) is 14.6 Å². The number of aliphatic hydroxyl groups is 1. The molecular formula is C32H33N3O5. The van der Waals surface area contributed by atoms with Crippen LogP contribution >= 0.6 is 0 Å². The van der Waals surface area contributed by atoms with Crippen molar-refractivity contribution in [2.45, 2.75) is 44.1 Å². The zero-order valence-corrected chi connectivity index (χ0v) is 23.0. The third-order valence-corrected chi connectivity index (χ3v) is 7.04. The highest BCUT2D eigenvalue weighted by atomic mass is 16.6. The molecule has 8 nitrogen and oxygen atoms in total. The summed E-state index contributed by atoms with van der Waals surface area (Å²) in [6.45, 7) is 5.08. The molecule has 1 N–H and O–H groups in total. The summed E-state index contributed by atoms with van der Waals surface area (Å²) in [7, 11) is 1.26. The molecular weight excluding hydrogens is 506 g/mol. The molecule has 206 valence electrons. The number of aromatic nitrogens is 2. The molecule has 1 aliphatic heterocycles. The van der Waals surface area contributed by atoms with E-state index in [-0.39, 0.29) is 12.2 Å². The summed E-state index contributed by atoms with van der Waals surface area (Å²) < 4.78 is 12.5. The van der Waals surface area contributed by atoms with Gasteiger partial charge in [-0.3, -0.25) is 9.58 Å². The number of β-amino-alcohol motifs (C(OH)–C–C–N with tert-alkyl or cyclic N) is 1. The van der Waals surface area contributed by atoms with Gasteiger partial charge in [-0.15, -0.1) is 0 Å². The molecule has 1 aromatic heterocycles. The molecule has 4 aromatic rings. The number of hydrogen-bond acceptors (Lipinski definition) is 6. The van der Waals surface area contributed by atoms with Crippen LogP contribution in [-0.2, 0) is 19.8 Å². The number of ether oxygens (including phenoxy) is 2. The Hall–Kier alpha value is -4.43. The Kier molecular flexibility index (Phi) is 7.21. The van der Waals surface area contributed by atoms with Crippen LogP contribution in [0, 0.1) is 0 Å². The first-order valence-electron chi connectivity index (χ1n) is 13.2. The number of carbonyl (C=O) groups excluding carboxylic acids is 2. The maximum absolute atomic E-state index is 13.2. The normalized spacial score (nSPS) is 17.2. The largest absolute Gasteiger partial charge is 0.467 e. The molecule has 40 heavy (non-hydrogen) atoms. The van der Waals surface area contributed by atoms with Crippen LogP contribution < -0.4 is 0 Å². The molecule has 8 heteroatoms. The highest BCUT2D eigenvalue weighted by Gasteiger charge is 2.47. The van der Waals surface area contributed by atoms with E-state index in [1.54, 1.807) is 31.6 Å². The van der Waals surface area contributed by atoms with E-state index in [9.17, 15) is 14.7 Å². The number of nitrogens with zero attached hydrogens (tertiary/aromatic N) is 3. The number of benzene rings is 3. The van der Waals surface area contributed by atoms with Gasteiger partial charge in [0.25, 0.3) is 0 Å². The molecule has 0 saturated carbocycles. The van der Waals surface area contributed by atoms with Crippen molar-refractivity contribution < 1.29 is 24.2 Å². The fourth-order valence-electron chi connectivity index (χ4n) is 5.37. The van der Waals surface area contributed by atoms with Gasteiger partial charge in [0, 0.05) is 11.8 Å². The fraction of sp³-hybridized carbons (Fsp3) is 0.281. The molecule has 0 aliphatic carbocycles. The summed E-state index contributed by atoms with van der Waals surface area (Å²) in [5.74, 6) is -0.672. The van der Waals surface area contributed by atoms with Crippen LogP contribution in [-0.4, -0.2) is 51.1 Å². The lowest BCUT2D eigenvalue weighted by Crippen LogP contribution is -2.47. The molecule has 2 heterocycles. The van der Waals surface area contributed by atoms with E-state index < -0.39 is 35.3 Å². The predicted octanol–water partition coefficient (Wildman–Crippen LogP) is 5.22. The maximum Gasteiger partial charge on any atom is 0.411 e. The van der Waals surface area contributed by atoms with Gasteiger partial charge in [-0.1, -0.05) is 91.0 Å². The number of amides is 1. The topological polar surface area (TPSA) is 93.9 Å². The Balaban J connectivity index is 1.78. The zero-order chi connectivity index (χ0) is 28.5. The molecule has 3 aromatic carbocycles. The minimum Gasteiger partial charge on any atom is -0.467 e. The summed E-state index contributed by atoms with van der Waals surface area (Å²) in [5, 5.41) is 16.3. The molecule has 1 aliphatic rings. The predicted molar refractivity (Wildman–Crippen MR) is 149 cm³/mol. The van der Waals surface area contributed by atoms with Crippen LogP contribution in [0.4, 0.5) is 4.79 Å². The van der Waals surface area contributed by atoms with Crippen LogP contribution in [0.5, 0.6) is 0 Å². The van der Waals surface area contributed by atoms with Gasteiger partial charge in [-0.25, -0.2) is 9.59 Å². The minimum absolute atomic E-state index is 0.150. The number of fused-ring (bicyclic) bond motifs is 1. The van der Waals surface area contributed by atoms with Gasteiger partial charge >= 0.3 is 12.1 Å². The highest BCUT2D eigenvalue weighted by Crippen LogP contribution is 2.43. The highest BCUT2D eigenvalue weighted by molar-refractivity contribution is 5.83. The van der Waals surface area contributed by atoms with Crippen LogP contribution in [0.15, 0.2) is 97.2 Å². The number of hydrogen-bond donors (Lipinski definition) is 1. The van der Waals surface area contributed by atoms with E-state index in [0.717, 1.165) is 16.7 Å². The van der Waals surface area contributed by atoms with E-state index in [2.05, 4.69) is 0 Å². The van der Waals surface area contributed by atoms with E-state index in [1.807, 2.05) is 91.0 Å². The van der Waals surface area contributed by atoms with Gasteiger partial charge in [-0.2, -0.15) is 5.10 Å². The zero-order valence-electron chi connectivity index (χ0n) is 23.0. The lowest BCUT2D eigenvalue weighted by molar-refractivity contribution is -0.148. The Morgan fingerprint density at radius 1 is 0.850 bits per heavy atom. The Morgan fingerprint density at radius 2 is 1.32 bits per heavy atom. The van der Waals surface area contributed by atoms with Crippen molar-refractivity contribution in [3.63, 3.8) is 0 Å². The number of rotatable bonds is 5. The van der Waals surface area contributed by atoms with Crippen LogP contribution in [0.3, 0.4) is 0 Å². The average Bonchev–Trinajstić information content (AvgIpc) is 3.40. The Morgan fingerprint density at radius 3 is 1.75 bits per heavy atom. The molecule has 2 atom stereocenters. The second-order valence-corrected chi connectivity index (χ2v) is 10.8. The van der Waals surface area contributed by atoms with Crippen molar-refractivity contribution in [1.82, 2.24) is 14.7 Å². The summed E-state index contributed by atoms with van der Waals surface area (Å²) in [4.78, 5) is 27.6.